The molecule has 0 unspecified atom stereocenters. The summed E-state index contributed by atoms with van der Waals surface area (Å²) in [5.74, 6) is -0.214. The zero-order chi connectivity index (χ0) is 18.0. The first kappa shape index (κ1) is 17.5. The van der Waals surface area contributed by atoms with Crippen LogP contribution in [0.25, 0.3) is 10.8 Å². The number of phenolic OH excluding ortho intramolecular Hbond substituents is 1. The maximum Gasteiger partial charge on any atom is 0.257 e. The lowest BCUT2D eigenvalue weighted by Crippen LogP contribution is -2.34. The molecule has 1 amide bonds. The summed E-state index contributed by atoms with van der Waals surface area (Å²) < 4.78 is 0. The Balaban J connectivity index is 1.76. The standard InChI is InChI=1S/C18H12Cl2N2O2S/c19-14-7-4-11(9-15(14)20)17(24)22-18(25)21-16-3-1-2-10-8-12(23)5-6-13(10)16/h1-9,23H,(H2,21,22,24,25). The fourth-order valence-electron chi connectivity index (χ4n) is 2.35. The number of hydrogen-bond acceptors (Lipinski definition) is 3. The quantitative estimate of drug-likeness (QED) is 0.540. The lowest BCUT2D eigenvalue weighted by atomic mass is 10.1. The fraction of sp³-hybridized carbons (Fsp3) is 0. The van der Waals surface area contributed by atoms with Crippen LogP contribution in [0.3, 0.4) is 0 Å². The van der Waals surface area contributed by atoms with Crippen LogP contribution in [0.4, 0.5) is 5.69 Å². The van der Waals surface area contributed by atoms with Gasteiger partial charge in [0.2, 0.25) is 0 Å². The smallest absolute Gasteiger partial charge is 0.257 e. The molecule has 3 aromatic rings. The van der Waals surface area contributed by atoms with E-state index in [1.807, 2.05) is 18.2 Å². The van der Waals surface area contributed by atoms with Gasteiger partial charge < -0.3 is 10.4 Å². The number of aromatic hydroxyl groups is 1. The highest BCUT2D eigenvalue weighted by molar-refractivity contribution is 7.80. The van der Waals surface area contributed by atoms with Crippen molar-refractivity contribution in [3.63, 3.8) is 0 Å². The lowest BCUT2D eigenvalue weighted by molar-refractivity contribution is 0.0977. The third kappa shape index (κ3) is 4.02. The molecule has 0 saturated carbocycles. The highest BCUT2D eigenvalue weighted by atomic mass is 35.5. The fourth-order valence-corrected chi connectivity index (χ4v) is 2.85. The number of anilines is 1. The van der Waals surface area contributed by atoms with Crippen LogP contribution in [0.1, 0.15) is 10.4 Å². The molecule has 0 heterocycles. The maximum absolute atomic E-state index is 12.2. The van der Waals surface area contributed by atoms with E-state index in [0.29, 0.717) is 15.6 Å². The average molecular weight is 391 g/mol. The molecule has 7 heteroatoms. The van der Waals surface area contributed by atoms with Gasteiger partial charge in [-0.1, -0.05) is 35.3 Å². The molecule has 0 aliphatic rings. The molecule has 3 aromatic carbocycles. The molecule has 0 saturated heterocycles. The van der Waals surface area contributed by atoms with Gasteiger partial charge in [-0.2, -0.15) is 0 Å². The molecule has 0 fully saturated rings. The minimum absolute atomic E-state index is 0.150. The number of thiocarbonyl (C=S) groups is 1. The third-order valence-electron chi connectivity index (χ3n) is 3.52. The van der Waals surface area contributed by atoms with Crippen molar-refractivity contribution in [1.82, 2.24) is 5.32 Å². The van der Waals surface area contributed by atoms with Crippen LogP contribution in [0.5, 0.6) is 5.75 Å². The van der Waals surface area contributed by atoms with Crippen molar-refractivity contribution in [2.24, 2.45) is 0 Å². The van der Waals surface area contributed by atoms with Crippen molar-refractivity contribution in [3.8, 4) is 5.75 Å². The summed E-state index contributed by atoms with van der Waals surface area (Å²) >= 11 is 17.0. The van der Waals surface area contributed by atoms with E-state index in [1.165, 1.54) is 6.07 Å². The summed E-state index contributed by atoms with van der Waals surface area (Å²) in [5, 5.41) is 17.7. The second kappa shape index (κ2) is 7.27. The second-order valence-corrected chi connectivity index (χ2v) is 6.47. The molecule has 25 heavy (non-hydrogen) atoms. The molecule has 0 aliphatic carbocycles. The summed E-state index contributed by atoms with van der Waals surface area (Å²) in [7, 11) is 0. The van der Waals surface area contributed by atoms with Gasteiger partial charge in [0.05, 0.1) is 10.0 Å². The number of hydrogen-bond donors (Lipinski definition) is 3. The molecule has 0 radical (unpaired) electrons. The van der Waals surface area contributed by atoms with Crippen molar-refractivity contribution in [2.75, 3.05) is 5.32 Å². The molecule has 0 spiro atoms. The Hall–Kier alpha value is -2.34. The first-order valence-corrected chi connectivity index (χ1v) is 8.39. The number of benzene rings is 3. The second-order valence-electron chi connectivity index (χ2n) is 5.25. The van der Waals surface area contributed by atoms with Crippen molar-refractivity contribution in [3.05, 3.63) is 70.2 Å². The van der Waals surface area contributed by atoms with E-state index in [0.717, 1.165) is 16.5 Å². The largest absolute Gasteiger partial charge is 0.508 e. The number of rotatable bonds is 2. The van der Waals surface area contributed by atoms with Crippen LogP contribution in [0.2, 0.25) is 10.0 Å². The molecular formula is C18H12Cl2N2O2S. The number of carbonyl (C=O) groups is 1. The average Bonchev–Trinajstić information content (AvgIpc) is 2.57. The van der Waals surface area contributed by atoms with Gasteiger partial charge >= 0.3 is 0 Å². The van der Waals surface area contributed by atoms with Crippen molar-refractivity contribution < 1.29 is 9.90 Å². The Kier molecular flexibility index (Phi) is 5.08. The van der Waals surface area contributed by atoms with E-state index in [4.69, 9.17) is 35.4 Å². The van der Waals surface area contributed by atoms with Crippen LogP contribution >= 0.6 is 35.4 Å². The van der Waals surface area contributed by atoms with Crippen LogP contribution in [-0.4, -0.2) is 16.1 Å². The normalized spacial score (nSPS) is 10.5. The van der Waals surface area contributed by atoms with Gasteiger partial charge in [-0.15, -0.1) is 0 Å². The van der Waals surface area contributed by atoms with Crippen molar-refractivity contribution >= 4 is 62.9 Å². The lowest BCUT2D eigenvalue weighted by Gasteiger charge is -2.12. The van der Waals surface area contributed by atoms with E-state index in [2.05, 4.69) is 10.6 Å². The van der Waals surface area contributed by atoms with Crippen LogP contribution in [-0.2, 0) is 0 Å². The van der Waals surface area contributed by atoms with Crippen molar-refractivity contribution in [2.45, 2.75) is 0 Å². The van der Waals surface area contributed by atoms with Gasteiger partial charge in [-0.3, -0.25) is 10.1 Å². The minimum Gasteiger partial charge on any atom is -0.508 e. The summed E-state index contributed by atoms with van der Waals surface area (Å²) in [6.45, 7) is 0. The molecule has 0 aliphatic heterocycles. The van der Waals surface area contributed by atoms with Gasteiger partial charge in [-0.25, -0.2) is 0 Å². The van der Waals surface area contributed by atoms with E-state index < -0.39 is 5.91 Å². The number of carbonyl (C=O) groups excluding carboxylic acids is 1. The molecule has 3 rings (SSSR count). The van der Waals surface area contributed by atoms with Crippen LogP contribution < -0.4 is 10.6 Å². The summed E-state index contributed by atoms with van der Waals surface area (Å²) in [6.07, 6.45) is 0. The zero-order valence-corrected chi connectivity index (χ0v) is 15.0. The maximum atomic E-state index is 12.2. The topological polar surface area (TPSA) is 61.4 Å². The minimum atomic E-state index is -0.394. The van der Waals surface area contributed by atoms with Crippen molar-refractivity contribution in [1.29, 1.82) is 0 Å². The SMILES string of the molecule is O=C(NC(=S)Nc1cccc2cc(O)ccc12)c1ccc(Cl)c(Cl)c1. The van der Waals surface area contributed by atoms with Gasteiger partial charge in [-0.05, 0) is 60.1 Å². The zero-order valence-electron chi connectivity index (χ0n) is 12.7. The predicted molar refractivity (Wildman–Crippen MR) is 106 cm³/mol. The Bertz CT molecular complexity index is 992. The number of phenols is 1. The number of fused-ring (bicyclic) bond motifs is 1. The first-order chi connectivity index (χ1) is 11.9. The first-order valence-electron chi connectivity index (χ1n) is 7.23. The van der Waals surface area contributed by atoms with E-state index >= 15 is 0 Å². The molecule has 0 aromatic heterocycles. The third-order valence-corrected chi connectivity index (χ3v) is 4.46. The number of halogens is 2. The van der Waals surface area contributed by atoms with E-state index in [-0.39, 0.29) is 10.9 Å². The highest BCUT2D eigenvalue weighted by Gasteiger charge is 2.11. The molecule has 3 N–H and O–H groups in total. The Labute approximate surface area is 159 Å². The predicted octanol–water partition coefficient (Wildman–Crippen LogP) is 4.98. The Morgan fingerprint density at radius 3 is 2.56 bits per heavy atom. The van der Waals surface area contributed by atoms with E-state index in [9.17, 15) is 9.90 Å². The van der Waals surface area contributed by atoms with Crippen LogP contribution in [0, 0.1) is 0 Å². The van der Waals surface area contributed by atoms with E-state index in [1.54, 1.807) is 30.3 Å². The molecular weight excluding hydrogens is 379 g/mol. The van der Waals surface area contributed by atoms with Gasteiger partial charge in [0, 0.05) is 16.6 Å². The molecule has 0 bridgehead atoms. The summed E-state index contributed by atoms with van der Waals surface area (Å²) in [4.78, 5) is 12.2. The number of amides is 1. The number of nitrogens with one attached hydrogen (secondary N) is 2. The van der Waals surface area contributed by atoms with Crippen LogP contribution in [0.15, 0.2) is 54.6 Å². The van der Waals surface area contributed by atoms with Gasteiger partial charge in [0.1, 0.15) is 5.75 Å². The summed E-state index contributed by atoms with van der Waals surface area (Å²) in [5.41, 5.74) is 1.07. The highest BCUT2D eigenvalue weighted by Crippen LogP contribution is 2.26. The molecule has 4 nitrogen and oxygen atoms in total. The Morgan fingerprint density at radius 1 is 1.00 bits per heavy atom. The van der Waals surface area contributed by atoms with Gasteiger partial charge in [0.15, 0.2) is 5.11 Å². The summed E-state index contributed by atoms with van der Waals surface area (Å²) in [6, 6.07) is 15.1. The molecule has 0 atom stereocenters. The Morgan fingerprint density at radius 2 is 1.80 bits per heavy atom. The monoisotopic (exact) mass is 390 g/mol. The van der Waals surface area contributed by atoms with Gasteiger partial charge in [0.25, 0.3) is 5.91 Å². The molecule has 126 valence electrons.